The van der Waals surface area contributed by atoms with E-state index in [2.05, 4.69) is 0 Å². The lowest BCUT2D eigenvalue weighted by Gasteiger charge is -2.22. The summed E-state index contributed by atoms with van der Waals surface area (Å²) < 4.78 is 5.75. The smallest absolute Gasteiger partial charge is 0.307 e. The Balaban J connectivity index is 1.78. The van der Waals surface area contributed by atoms with Gasteiger partial charge >= 0.3 is 5.97 Å². The van der Waals surface area contributed by atoms with E-state index in [1.54, 1.807) is 60.7 Å². The minimum Gasteiger partial charge on any atom is -0.481 e. The molecule has 3 rings (SSSR count). The van der Waals surface area contributed by atoms with Gasteiger partial charge in [-0.1, -0.05) is 17.7 Å². The van der Waals surface area contributed by atoms with Gasteiger partial charge in [-0.15, -0.1) is 0 Å². The summed E-state index contributed by atoms with van der Waals surface area (Å²) in [5.74, 6) is -0.603. The molecular formula is C24H19ClN2O5. The number of rotatable bonds is 8. The quantitative estimate of drug-likeness (QED) is 0.530. The van der Waals surface area contributed by atoms with Crippen LogP contribution in [0.25, 0.3) is 0 Å². The van der Waals surface area contributed by atoms with Crippen LogP contribution < -0.4 is 9.64 Å². The Kier molecular flexibility index (Phi) is 7.45. The van der Waals surface area contributed by atoms with Crippen LogP contribution in [0.2, 0.25) is 5.02 Å². The number of hydrogen-bond donors (Lipinski definition) is 2. The predicted octanol–water partition coefficient (Wildman–Crippen LogP) is 4.27. The van der Waals surface area contributed by atoms with Crippen molar-refractivity contribution in [2.45, 2.75) is 6.42 Å². The molecule has 0 aliphatic heterocycles. The van der Waals surface area contributed by atoms with E-state index in [9.17, 15) is 20.0 Å². The first-order valence-corrected chi connectivity index (χ1v) is 10.00. The van der Waals surface area contributed by atoms with Crippen LogP contribution in [0.5, 0.6) is 11.5 Å². The Labute approximate surface area is 189 Å². The van der Waals surface area contributed by atoms with Crippen molar-refractivity contribution in [1.82, 2.24) is 0 Å². The lowest BCUT2D eigenvalue weighted by atomic mass is 10.1. The molecule has 3 aromatic rings. The molecule has 0 saturated heterocycles. The van der Waals surface area contributed by atoms with Crippen molar-refractivity contribution < 1.29 is 24.5 Å². The Bertz CT molecular complexity index is 1150. The molecular weight excluding hydrogens is 432 g/mol. The summed E-state index contributed by atoms with van der Waals surface area (Å²) in [4.78, 5) is 25.3. The number of aliphatic hydroxyl groups is 1. The number of carbonyl (C=O) groups excluding carboxylic acids is 1. The molecule has 8 heteroatoms. The third-order valence-corrected chi connectivity index (χ3v) is 4.81. The van der Waals surface area contributed by atoms with Gasteiger partial charge < -0.3 is 19.8 Å². The van der Waals surface area contributed by atoms with E-state index >= 15 is 0 Å². The summed E-state index contributed by atoms with van der Waals surface area (Å²) in [6.45, 7) is -0.0860. The summed E-state index contributed by atoms with van der Waals surface area (Å²) in [7, 11) is 0. The van der Waals surface area contributed by atoms with E-state index in [1.165, 1.54) is 11.0 Å². The van der Waals surface area contributed by atoms with Gasteiger partial charge in [0.2, 0.25) is 0 Å². The van der Waals surface area contributed by atoms with Crippen LogP contribution >= 0.6 is 11.6 Å². The van der Waals surface area contributed by atoms with Crippen LogP contribution in [0.1, 0.15) is 21.5 Å². The van der Waals surface area contributed by atoms with E-state index in [0.717, 1.165) is 0 Å². The highest BCUT2D eigenvalue weighted by molar-refractivity contribution is 6.30. The number of carboxylic acids is 1. The number of carbonyl (C=O) groups is 2. The molecule has 0 saturated carbocycles. The molecule has 0 heterocycles. The second-order valence-corrected chi connectivity index (χ2v) is 7.23. The first-order chi connectivity index (χ1) is 15.4. The van der Waals surface area contributed by atoms with Crippen molar-refractivity contribution in [3.63, 3.8) is 0 Å². The van der Waals surface area contributed by atoms with Gasteiger partial charge in [0.25, 0.3) is 5.91 Å². The van der Waals surface area contributed by atoms with Gasteiger partial charge in [-0.05, 0) is 66.2 Å². The Morgan fingerprint density at radius 1 is 1.03 bits per heavy atom. The molecule has 0 spiro atoms. The molecule has 162 valence electrons. The fourth-order valence-corrected chi connectivity index (χ4v) is 3.18. The number of carboxylic acid groups (broad SMARTS) is 1. The summed E-state index contributed by atoms with van der Waals surface area (Å²) in [5.41, 5.74) is 1.70. The molecule has 0 aliphatic rings. The number of amides is 1. The average molecular weight is 451 g/mol. The monoisotopic (exact) mass is 450 g/mol. The molecule has 32 heavy (non-hydrogen) atoms. The standard InChI is InChI=1S/C24H19ClN2O5/c25-19-4-6-20(7-5-19)27(11-12-28)24(31)17-2-8-21(9-3-17)32-22-10-1-16(14-23(29)30)13-18(22)15-26/h1-10,13,28H,11-12,14H2,(H,29,30). The minimum absolute atomic E-state index is 0.118. The van der Waals surface area contributed by atoms with Gasteiger partial charge in [-0.2, -0.15) is 5.26 Å². The maximum atomic E-state index is 13.0. The third kappa shape index (κ3) is 5.64. The number of halogens is 1. The lowest BCUT2D eigenvalue weighted by molar-refractivity contribution is -0.136. The largest absolute Gasteiger partial charge is 0.481 e. The highest BCUT2D eigenvalue weighted by Gasteiger charge is 2.18. The second-order valence-electron chi connectivity index (χ2n) is 6.80. The zero-order valence-corrected chi connectivity index (χ0v) is 17.6. The van der Waals surface area contributed by atoms with Gasteiger partial charge in [-0.25, -0.2) is 0 Å². The topological polar surface area (TPSA) is 111 Å². The van der Waals surface area contributed by atoms with Crippen molar-refractivity contribution in [3.05, 3.63) is 88.4 Å². The number of aliphatic carboxylic acids is 1. The number of ether oxygens (including phenoxy) is 1. The molecule has 0 bridgehead atoms. The van der Waals surface area contributed by atoms with Gasteiger partial charge in [0.1, 0.15) is 17.6 Å². The Hall–Kier alpha value is -3.86. The molecule has 3 aromatic carbocycles. The van der Waals surface area contributed by atoms with Crippen LogP contribution in [0.15, 0.2) is 66.7 Å². The van der Waals surface area contributed by atoms with E-state index in [1.807, 2.05) is 6.07 Å². The van der Waals surface area contributed by atoms with Gasteiger partial charge in [-0.3, -0.25) is 9.59 Å². The SMILES string of the molecule is N#Cc1cc(CC(=O)O)ccc1Oc1ccc(C(=O)N(CCO)c2ccc(Cl)cc2)cc1. The summed E-state index contributed by atoms with van der Waals surface area (Å²) in [6, 6.07) is 19.7. The van der Waals surface area contributed by atoms with Crippen molar-refractivity contribution >= 4 is 29.2 Å². The second kappa shape index (κ2) is 10.4. The fraction of sp³-hybridized carbons (Fsp3) is 0.125. The van der Waals surface area contributed by atoms with Crippen LogP contribution in [0, 0.1) is 11.3 Å². The summed E-state index contributed by atoms with van der Waals surface area (Å²) in [5, 5.41) is 28.2. The van der Waals surface area contributed by atoms with Crippen LogP contribution in [0.4, 0.5) is 5.69 Å². The van der Waals surface area contributed by atoms with Gasteiger partial charge in [0.05, 0.1) is 18.6 Å². The molecule has 7 nitrogen and oxygen atoms in total. The average Bonchev–Trinajstić information content (AvgIpc) is 2.79. The van der Waals surface area contributed by atoms with Crippen molar-refractivity contribution in [2.75, 3.05) is 18.1 Å². The highest BCUT2D eigenvalue weighted by Crippen LogP contribution is 2.27. The maximum Gasteiger partial charge on any atom is 0.307 e. The Morgan fingerprint density at radius 2 is 1.72 bits per heavy atom. The van der Waals surface area contributed by atoms with Crippen molar-refractivity contribution in [3.8, 4) is 17.6 Å². The normalized spacial score (nSPS) is 10.3. The van der Waals surface area contributed by atoms with Gasteiger partial charge in [0.15, 0.2) is 0 Å². The van der Waals surface area contributed by atoms with E-state index in [0.29, 0.717) is 27.6 Å². The first-order valence-electron chi connectivity index (χ1n) is 9.62. The van der Waals surface area contributed by atoms with Crippen LogP contribution in [0.3, 0.4) is 0 Å². The van der Waals surface area contributed by atoms with Crippen LogP contribution in [-0.4, -0.2) is 35.2 Å². The number of benzene rings is 3. The number of nitrogens with zero attached hydrogens (tertiary/aromatic N) is 2. The summed E-state index contributed by atoms with van der Waals surface area (Å²) >= 11 is 5.91. The molecule has 0 atom stereocenters. The molecule has 0 radical (unpaired) electrons. The lowest BCUT2D eigenvalue weighted by Crippen LogP contribution is -2.33. The number of aliphatic hydroxyl groups excluding tert-OH is 1. The van der Waals surface area contributed by atoms with E-state index in [4.69, 9.17) is 21.4 Å². The molecule has 1 amide bonds. The highest BCUT2D eigenvalue weighted by atomic mass is 35.5. The predicted molar refractivity (Wildman–Crippen MR) is 119 cm³/mol. The maximum absolute atomic E-state index is 13.0. The molecule has 0 unspecified atom stereocenters. The number of nitriles is 1. The molecule has 0 fully saturated rings. The van der Waals surface area contributed by atoms with Crippen molar-refractivity contribution in [2.24, 2.45) is 0 Å². The molecule has 0 aliphatic carbocycles. The van der Waals surface area contributed by atoms with Crippen molar-refractivity contribution in [1.29, 1.82) is 5.26 Å². The fourth-order valence-electron chi connectivity index (χ4n) is 3.06. The first kappa shape index (κ1) is 22.8. The van der Waals surface area contributed by atoms with E-state index < -0.39 is 5.97 Å². The molecule has 0 aromatic heterocycles. The number of hydrogen-bond acceptors (Lipinski definition) is 5. The van der Waals surface area contributed by atoms with Gasteiger partial charge in [0, 0.05) is 22.8 Å². The Morgan fingerprint density at radius 3 is 2.31 bits per heavy atom. The minimum atomic E-state index is -0.989. The number of anilines is 1. The molecule has 2 N–H and O–H groups in total. The third-order valence-electron chi connectivity index (χ3n) is 4.56. The zero-order chi connectivity index (χ0) is 23.1. The zero-order valence-electron chi connectivity index (χ0n) is 16.9. The summed E-state index contributed by atoms with van der Waals surface area (Å²) in [6.07, 6.45) is -0.191. The van der Waals surface area contributed by atoms with Crippen LogP contribution in [-0.2, 0) is 11.2 Å². The van der Waals surface area contributed by atoms with E-state index in [-0.39, 0.29) is 36.8 Å².